The number of rotatable bonds is 7. The van der Waals surface area contributed by atoms with Crippen molar-refractivity contribution in [2.45, 2.75) is 19.8 Å². The number of benzene rings is 3. The van der Waals surface area contributed by atoms with Crippen LogP contribution >= 0.6 is 23.1 Å². The molecule has 8 heteroatoms. The number of nitriles is 1. The second-order valence-corrected chi connectivity index (χ2v) is 11.1. The number of carbonyl (C=O) groups is 2. The molecule has 0 aliphatic carbocycles. The third-order valence-electron chi connectivity index (χ3n) is 6.49. The number of fused-ring (bicyclic) bond motifs is 1. The number of thioether (sulfide) groups is 1. The molecule has 0 radical (unpaired) electrons. The van der Waals surface area contributed by atoms with Gasteiger partial charge in [0.25, 0.3) is 5.91 Å². The van der Waals surface area contributed by atoms with E-state index in [-0.39, 0.29) is 17.6 Å². The number of thiophene rings is 1. The largest absolute Gasteiger partial charge is 0.353 e. The maximum atomic E-state index is 13.6. The molecule has 0 fully saturated rings. The summed E-state index contributed by atoms with van der Waals surface area (Å²) in [7, 11) is 0. The van der Waals surface area contributed by atoms with Crippen LogP contribution in [0.3, 0.4) is 0 Å². The molecule has 2 heterocycles. The summed E-state index contributed by atoms with van der Waals surface area (Å²) >= 11 is 2.75. The monoisotopic (exact) mass is 550 g/mol. The van der Waals surface area contributed by atoms with Crippen LogP contribution in [0.25, 0.3) is 10.8 Å². The van der Waals surface area contributed by atoms with Crippen LogP contribution in [0.1, 0.15) is 23.3 Å². The van der Waals surface area contributed by atoms with Crippen LogP contribution < -0.4 is 16.0 Å². The van der Waals surface area contributed by atoms with E-state index in [4.69, 9.17) is 0 Å². The van der Waals surface area contributed by atoms with E-state index in [2.05, 4.69) is 22.0 Å². The minimum absolute atomic E-state index is 0.107. The fraction of sp³-hybridized carbons (Fsp3) is 0.129. The first-order chi connectivity index (χ1) is 18.9. The first kappa shape index (κ1) is 26.3. The van der Waals surface area contributed by atoms with Gasteiger partial charge >= 0.3 is 0 Å². The van der Waals surface area contributed by atoms with E-state index in [0.29, 0.717) is 27.6 Å². The molecule has 1 aliphatic heterocycles. The number of carbonyl (C=O) groups excluding carboxylic acids is 2. The highest BCUT2D eigenvalue weighted by Gasteiger charge is 2.35. The van der Waals surface area contributed by atoms with Crippen LogP contribution in [0.15, 0.2) is 106 Å². The first-order valence-corrected chi connectivity index (χ1v) is 14.2. The molecule has 1 atom stereocenters. The molecule has 5 rings (SSSR count). The molecule has 1 aliphatic rings. The number of para-hydroxylation sites is 1. The third-order valence-corrected chi connectivity index (χ3v) is 8.45. The standard InChI is InChI=1S/C31H26N4O2S2/c1-19-8-3-6-11-25(19)35-30(37)28-20(2)33-31(24(17-32)29(28)26-12-7-15-38-26)39-18-27(36)34-23-14-13-21-9-4-5-10-22(21)16-23/h3-16,29,33H,18H2,1-2H3,(H,34,36)(H,35,37). The number of allylic oxidation sites excluding steroid dienone is 2. The van der Waals surface area contributed by atoms with Crippen molar-refractivity contribution in [2.24, 2.45) is 0 Å². The minimum Gasteiger partial charge on any atom is -0.353 e. The van der Waals surface area contributed by atoms with Crippen molar-refractivity contribution < 1.29 is 9.59 Å². The van der Waals surface area contributed by atoms with E-state index in [1.165, 1.54) is 23.1 Å². The Balaban J connectivity index is 1.37. The van der Waals surface area contributed by atoms with Crippen LogP contribution in [0.4, 0.5) is 11.4 Å². The van der Waals surface area contributed by atoms with Crippen molar-refractivity contribution in [1.29, 1.82) is 5.26 Å². The summed E-state index contributed by atoms with van der Waals surface area (Å²) in [5.74, 6) is -0.876. The van der Waals surface area contributed by atoms with Gasteiger partial charge in [-0.05, 0) is 59.8 Å². The van der Waals surface area contributed by atoms with Gasteiger partial charge in [0, 0.05) is 27.5 Å². The summed E-state index contributed by atoms with van der Waals surface area (Å²) in [5.41, 5.74) is 3.94. The molecule has 3 N–H and O–H groups in total. The lowest BCUT2D eigenvalue weighted by Crippen LogP contribution is -2.31. The topological polar surface area (TPSA) is 94.0 Å². The van der Waals surface area contributed by atoms with Gasteiger partial charge < -0.3 is 16.0 Å². The Morgan fingerprint density at radius 2 is 1.74 bits per heavy atom. The Labute approximate surface area is 235 Å². The number of amides is 2. The molecule has 0 spiro atoms. The van der Waals surface area contributed by atoms with Crippen molar-refractivity contribution >= 4 is 57.1 Å². The predicted octanol–water partition coefficient (Wildman–Crippen LogP) is 6.92. The molecule has 6 nitrogen and oxygen atoms in total. The third kappa shape index (κ3) is 5.75. The number of anilines is 2. The van der Waals surface area contributed by atoms with E-state index in [1.807, 2.05) is 98.1 Å². The number of hydrogen-bond donors (Lipinski definition) is 3. The zero-order valence-electron chi connectivity index (χ0n) is 21.4. The second-order valence-electron chi connectivity index (χ2n) is 9.13. The summed E-state index contributed by atoms with van der Waals surface area (Å²) < 4.78 is 0. The molecule has 2 amide bonds. The second kappa shape index (κ2) is 11.6. The zero-order valence-corrected chi connectivity index (χ0v) is 23.1. The van der Waals surface area contributed by atoms with Crippen molar-refractivity contribution in [1.82, 2.24) is 5.32 Å². The van der Waals surface area contributed by atoms with Crippen LogP contribution in [0.2, 0.25) is 0 Å². The molecule has 4 aromatic rings. The SMILES string of the molecule is CC1=C(C(=O)Nc2ccccc2C)C(c2cccs2)C(C#N)=C(SCC(=O)Nc2ccc3ccccc3c2)N1. The van der Waals surface area contributed by atoms with E-state index in [9.17, 15) is 14.9 Å². The van der Waals surface area contributed by atoms with E-state index < -0.39 is 5.92 Å². The van der Waals surface area contributed by atoms with Crippen molar-refractivity contribution in [3.63, 3.8) is 0 Å². The molecule has 1 unspecified atom stereocenters. The quantitative estimate of drug-likeness (QED) is 0.232. The number of hydrogen-bond acceptors (Lipinski definition) is 6. The summed E-state index contributed by atoms with van der Waals surface area (Å²) in [6, 6.07) is 27.5. The summed E-state index contributed by atoms with van der Waals surface area (Å²) in [5, 5.41) is 24.1. The number of dihydropyridines is 1. The molecule has 3 aromatic carbocycles. The molecular weight excluding hydrogens is 525 g/mol. The summed E-state index contributed by atoms with van der Waals surface area (Å²) in [6.07, 6.45) is 0. The summed E-state index contributed by atoms with van der Waals surface area (Å²) in [6.45, 7) is 3.77. The maximum Gasteiger partial charge on any atom is 0.254 e. The number of aryl methyl sites for hydroxylation is 1. The van der Waals surface area contributed by atoms with Gasteiger partial charge in [0.05, 0.1) is 28.3 Å². The van der Waals surface area contributed by atoms with Gasteiger partial charge in [-0.25, -0.2) is 0 Å². The lowest BCUT2D eigenvalue weighted by Gasteiger charge is -2.29. The Morgan fingerprint density at radius 1 is 0.974 bits per heavy atom. The van der Waals surface area contributed by atoms with Gasteiger partial charge in [0.15, 0.2) is 0 Å². The Hall–Kier alpha value is -4.32. The van der Waals surface area contributed by atoms with Gasteiger partial charge in [0.1, 0.15) is 0 Å². The molecule has 0 saturated carbocycles. The normalized spacial score (nSPS) is 15.1. The van der Waals surface area contributed by atoms with Gasteiger partial charge in [-0.3, -0.25) is 9.59 Å². The molecule has 0 saturated heterocycles. The van der Waals surface area contributed by atoms with Gasteiger partial charge in [-0.1, -0.05) is 66.4 Å². The predicted molar refractivity (Wildman–Crippen MR) is 160 cm³/mol. The maximum absolute atomic E-state index is 13.6. The molecule has 194 valence electrons. The van der Waals surface area contributed by atoms with Crippen LogP contribution in [-0.2, 0) is 9.59 Å². The molecule has 0 bridgehead atoms. The van der Waals surface area contributed by atoms with Crippen LogP contribution in [0, 0.1) is 18.3 Å². The van der Waals surface area contributed by atoms with E-state index in [1.54, 1.807) is 0 Å². The highest BCUT2D eigenvalue weighted by molar-refractivity contribution is 8.03. The van der Waals surface area contributed by atoms with Crippen molar-refractivity contribution in [3.05, 3.63) is 117 Å². The zero-order chi connectivity index (χ0) is 27.4. The Morgan fingerprint density at radius 3 is 2.49 bits per heavy atom. The van der Waals surface area contributed by atoms with E-state index in [0.717, 1.165) is 26.9 Å². The van der Waals surface area contributed by atoms with E-state index >= 15 is 0 Å². The Bertz CT molecular complexity index is 1670. The van der Waals surface area contributed by atoms with Crippen molar-refractivity contribution in [3.8, 4) is 6.07 Å². The average Bonchev–Trinajstić information content (AvgIpc) is 3.47. The van der Waals surface area contributed by atoms with Gasteiger partial charge in [-0.2, -0.15) is 5.26 Å². The fourth-order valence-electron chi connectivity index (χ4n) is 4.57. The average molecular weight is 551 g/mol. The smallest absolute Gasteiger partial charge is 0.254 e. The number of nitrogens with one attached hydrogen (secondary N) is 3. The number of nitrogens with zero attached hydrogens (tertiary/aromatic N) is 1. The summed E-state index contributed by atoms with van der Waals surface area (Å²) in [4.78, 5) is 27.3. The molecule has 39 heavy (non-hydrogen) atoms. The molecule has 1 aromatic heterocycles. The lowest BCUT2D eigenvalue weighted by atomic mass is 9.86. The highest BCUT2D eigenvalue weighted by Crippen LogP contribution is 2.42. The fourth-order valence-corrected chi connectivity index (χ4v) is 6.31. The first-order valence-electron chi connectivity index (χ1n) is 12.4. The van der Waals surface area contributed by atoms with Gasteiger partial charge in [-0.15, -0.1) is 11.3 Å². The minimum atomic E-state index is -0.536. The van der Waals surface area contributed by atoms with Gasteiger partial charge in [0.2, 0.25) is 5.91 Å². The Kier molecular flexibility index (Phi) is 7.82. The highest BCUT2D eigenvalue weighted by atomic mass is 32.2. The lowest BCUT2D eigenvalue weighted by molar-refractivity contribution is -0.114. The van der Waals surface area contributed by atoms with Crippen LogP contribution in [-0.4, -0.2) is 17.6 Å². The van der Waals surface area contributed by atoms with Crippen LogP contribution in [0.5, 0.6) is 0 Å². The van der Waals surface area contributed by atoms with Crippen molar-refractivity contribution in [2.75, 3.05) is 16.4 Å². The molecular formula is C31H26N4O2S2.